The molecule has 0 unspecified atom stereocenters. The van der Waals surface area contributed by atoms with Crippen LogP contribution in [-0.4, -0.2) is 23.2 Å². The monoisotopic (exact) mass is 325 g/mol. The van der Waals surface area contributed by atoms with E-state index in [1.807, 2.05) is 12.1 Å². The van der Waals surface area contributed by atoms with E-state index in [2.05, 4.69) is 15.5 Å². The van der Waals surface area contributed by atoms with Gasteiger partial charge in [-0.3, -0.25) is 10.1 Å². The highest BCUT2D eigenvalue weighted by atomic mass is 16.5. The van der Waals surface area contributed by atoms with Gasteiger partial charge in [0.1, 0.15) is 0 Å². The molecule has 0 bridgehead atoms. The molecular formula is C16H11N3O5. The summed E-state index contributed by atoms with van der Waals surface area (Å²) in [6, 6.07) is 10.3. The SMILES string of the molecule is COc1cccc2cc(C(=O)Nc3nnc(-c4ccco4)o3)oc12. The molecule has 0 aliphatic carbocycles. The molecule has 1 N–H and O–H groups in total. The summed E-state index contributed by atoms with van der Waals surface area (Å²) in [6.45, 7) is 0. The first-order valence-electron chi connectivity index (χ1n) is 7.00. The molecule has 0 aliphatic heterocycles. The van der Waals surface area contributed by atoms with Crippen LogP contribution >= 0.6 is 0 Å². The molecule has 1 aromatic carbocycles. The molecule has 8 nitrogen and oxygen atoms in total. The number of amides is 1. The lowest BCUT2D eigenvalue weighted by Crippen LogP contribution is -2.10. The molecule has 4 rings (SSSR count). The fraction of sp³-hybridized carbons (Fsp3) is 0.0625. The van der Waals surface area contributed by atoms with Crippen molar-refractivity contribution in [1.29, 1.82) is 0 Å². The third kappa shape index (κ3) is 2.39. The highest BCUT2D eigenvalue weighted by Crippen LogP contribution is 2.29. The molecule has 4 aromatic rings. The highest BCUT2D eigenvalue weighted by molar-refractivity contribution is 6.04. The van der Waals surface area contributed by atoms with Crippen LogP contribution in [0.3, 0.4) is 0 Å². The molecule has 0 aliphatic rings. The van der Waals surface area contributed by atoms with Crippen molar-refractivity contribution in [3.05, 3.63) is 48.4 Å². The van der Waals surface area contributed by atoms with Crippen LogP contribution in [0.5, 0.6) is 5.75 Å². The molecule has 3 heterocycles. The Morgan fingerprint density at radius 3 is 2.88 bits per heavy atom. The minimum Gasteiger partial charge on any atom is -0.493 e. The fourth-order valence-corrected chi connectivity index (χ4v) is 2.24. The molecule has 0 atom stereocenters. The number of furan rings is 2. The zero-order valence-corrected chi connectivity index (χ0v) is 12.5. The number of para-hydroxylation sites is 1. The Hall–Kier alpha value is -3.55. The maximum absolute atomic E-state index is 12.3. The van der Waals surface area contributed by atoms with Crippen molar-refractivity contribution in [2.24, 2.45) is 0 Å². The van der Waals surface area contributed by atoms with Crippen LogP contribution < -0.4 is 10.1 Å². The van der Waals surface area contributed by atoms with Gasteiger partial charge in [0.05, 0.1) is 13.4 Å². The molecule has 0 fully saturated rings. The number of nitrogens with one attached hydrogen (secondary N) is 1. The Balaban J connectivity index is 1.58. The van der Waals surface area contributed by atoms with Crippen molar-refractivity contribution in [3.8, 4) is 17.4 Å². The summed E-state index contributed by atoms with van der Waals surface area (Å²) in [4.78, 5) is 12.3. The summed E-state index contributed by atoms with van der Waals surface area (Å²) in [5.41, 5.74) is 0.493. The topological polar surface area (TPSA) is 104 Å². The molecule has 0 saturated carbocycles. The molecule has 1 amide bonds. The van der Waals surface area contributed by atoms with E-state index >= 15 is 0 Å². The van der Waals surface area contributed by atoms with Crippen molar-refractivity contribution in [2.75, 3.05) is 12.4 Å². The fourth-order valence-electron chi connectivity index (χ4n) is 2.24. The summed E-state index contributed by atoms with van der Waals surface area (Å²) in [6.07, 6.45) is 1.49. The first-order chi connectivity index (χ1) is 11.7. The predicted octanol–water partition coefficient (Wildman–Crippen LogP) is 3.34. The van der Waals surface area contributed by atoms with Gasteiger partial charge in [-0.1, -0.05) is 17.2 Å². The second kappa shape index (κ2) is 5.58. The lowest BCUT2D eigenvalue weighted by Gasteiger charge is -1.98. The number of carbonyl (C=O) groups is 1. The van der Waals surface area contributed by atoms with Gasteiger partial charge in [0.25, 0.3) is 11.8 Å². The molecule has 0 radical (unpaired) electrons. The van der Waals surface area contributed by atoms with E-state index in [1.54, 1.807) is 24.3 Å². The molecule has 3 aromatic heterocycles. The van der Waals surface area contributed by atoms with E-state index in [-0.39, 0.29) is 17.7 Å². The smallest absolute Gasteiger partial charge is 0.323 e. The number of methoxy groups -OCH3 is 1. The van der Waals surface area contributed by atoms with Crippen LogP contribution in [0.25, 0.3) is 22.6 Å². The number of anilines is 1. The van der Waals surface area contributed by atoms with Crippen LogP contribution in [-0.2, 0) is 0 Å². The number of hydrogen-bond donors (Lipinski definition) is 1. The van der Waals surface area contributed by atoms with Gasteiger partial charge in [-0.2, -0.15) is 0 Å². The van der Waals surface area contributed by atoms with E-state index in [0.717, 1.165) is 5.39 Å². The maximum Gasteiger partial charge on any atom is 0.323 e. The number of benzene rings is 1. The number of carbonyl (C=O) groups excluding carboxylic acids is 1. The Bertz CT molecular complexity index is 1000. The Labute approximate surface area is 135 Å². The van der Waals surface area contributed by atoms with Gasteiger partial charge >= 0.3 is 6.01 Å². The van der Waals surface area contributed by atoms with Crippen LogP contribution in [0.4, 0.5) is 6.01 Å². The molecule has 0 spiro atoms. The summed E-state index contributed by atoms with van der Waals surface area (Å²) in [5, 5.41) is 10.8. The predicted molar refractivity (Wildman–Crippen MR) is 82.7 cm³/mol. The third-order valence-corrected chi connectivity index (χ3v) is 3.33. The number of rotatable bonds is 4. The number of ether oxygens (including phenoxy) is 1. The number of hydrogen-bond acceptors (Lipinski definition) is 7. The van der Waals surface area contributed by atoms with Crippen molar-refractivity contribution < 1.29 is 22.8 Å². The standard InChI is InChI=1S/C16H11N3O5/c1-21-10-5-2-4-9-8-12(23-13(9)10)14(20)17-16-19-18-15(24-16)11-6-3-7-22-11/h2-8H,1H3,(H,17,19,20). The minimum atomic E-state index is -0.511. The average molecular weight is 325 g/mol. The Morgan fingerprint density at radius 2 is 2.08 bits per heavy atom. The quantitative estimate of drug-likeness (QED) is 0.613. The molecular weight excluding hydrogens is 314 g/mol. The first kappa shape index (κ1) is 14.1. The average Bonchev–Trinajstić information content (AvgIpc) is 3.33. The van der Waals surface area contributed by atoms with Gasteiger partial charge in [0, 0.05) is 5.39 Å². The van der Waals surface area contributed by atoms with Gasteiger partial charge in [-0.05, 0) is 24.3 Å². The largest absolute Gasteiger partial charge is 0.493 e. The lowest BCUT2D eigenvalue weighted by atomic mass is 10.2. The normalized spacial score (nSPS) is 10.9. The van der Waals surface area contributed by atoms with Crippen LogP contribution in [0, 0.1) is 0 Å². The van der Waals surface area contributed by atoms with E-state index in [9.17, 15) is 4.79 Å². The van der Waals surface area contributed by atoms with Crippen LogP contribution in [0.2, 0.25) is 0 Å². The van der Waals surface area contributed by atoms with Gasteiger partial charge < -0.3 is 18.0 Å². The number of nitrogens with zero attached hydrogens (tertiary/aromatic N) is 2. The van der Waals surface area contributed by atoms with Crippen molar-refractivity contribution in [2.45, 2.75) is 0 Å². The van der Waals surface area contributed by atoms with Crippen molar-refractivity contribution in [3.63, 3.8) is 0 Å². The van der Waals surface area contributed by atoms with Gasteiger partial charge in [-0.25, -0.2) is 0 Å². The van der Waals surface area contributed by atoms with Crippen LogP contribution in [0.15, 0.2) is 55.9 Å². The van der Waals surface area contributed by atoms with Crippen molar-refractivity contribution in [1.82, 2.24) is 10.2 Å². The summed E-state index contributed by atoms with van der Waals surface area (Å²) < 4.78 is 21.2. The van der Waals surface area contributed by atoms with Gasteiger partial charge in [0.2, 0.25) is 0 Å². The second-order valence-corrected chi connectivity index (χ2v) is 4.83. The minimum absolute atomic E-state index is 0.0566. The second-order valence-electron chi connectivity index (χ2n) is 4.83. The third-order valence-electron chi connectivity index (χ3n) is 3.33. The summed E-state index contributed by atoms with van der Waals surface area (Å²) in [7, 11) is 1.53. The molecule has 120 valence electrons. The van der Waals surface area contributed by atoms with Gasteiger partial charge in [0.15, 0.2) is 22.9 Å². The van der Waals surface area contributed by atoms with Crippen molar-refractivity contribution >= 4 is 22.9 Å². The Kier molecular flexibility index (Phi) is 3.27. The zero-order chi connectivity index (χ0) is 16.5. The highest BCUT2D eigenvalue weighted by Gasteiger charge is 2.18. The van der Waals surface area contributed by atoms with E-state index in [4.69, 9.17) is 18.0 Å². The zero-order valence-electron chi connectivity index (χ0n) is 12.5. The molecule has 24 heavy (non-hydrogen) atoms. The maximum atomic E-state index is 12.3. The van der Waals surface area contributed by atoms with E-state index < -0.39 is 5.91 Å². The number of aromatic nitrogens is 2. The summed E-state index contributed by atoms with van der Waals surface area (Å²) in [5.74, 6) is 0.720. The Morgan fingerprint density at radius 1 is 1.17 bits per heavy atom. The first-order valence-corrected chi connectivity index (χ1v) is 7.00. The molecule has 8 heteroatoms. The van der Waals surface area contributed by atoms with E-state index in [1.165, 1.54) is 13.4 Å². The van der Waals surface area contributed by atoms with Gasteiger partial charge in [-0.15, -0.1) is 5.10 Å². The lowest BCUT2D eigenvalue weighted by molar-refractivity contribution is 0.0995. The number of fused-ring (bicyclic) bond motifs is 1. The van der Waals surface area contributed by atoms with Crippen LogP contribution in [0.1, 0.15) is 10.6 Å². The molecule has 0 saturated heterocycles. The summed E-state index contributed by atoms with van der Waals surface area (Å²) >= 11 is 0. The van der Waals surface area contributed by atoms with E-state index in [0.29, 0.717) is 17.1 Å².